The summed E-state index contributed by atoms with van der Waals surface area (Å²) in [5, 5.41) is 6.15. The van der Waals surface area contributed by atoms with Crippen molar-refractivity contribution in [1.82, 2.24) is 10.3 Å². The van der Waals surface area contributed by atoms with Gasteiger partial charge in [-0.1, -0.05) is 30.3 Å². The average molecular weight is 396 g/mol. The van der Waals surface area contributed by atoms with Crippen LogP contribution in [0.5, 0.6) is 0 Å². The Hall–Kier alpha value is -2.73. The number of thiazole rings is 1. The van der Waals surface area contributed by atoms with Crippen LogP contribution in [0.15, 0.2) is 60.0 Å². The van der Waals surface area contributed by atoms with Gasteiger partial charge < -0.3 is 10.2 Å². The quantitative estimate of drug-likeness (QED) is 0.701. The van der Waals surface area contributed by atoms with Gasteiger partial charge in [0.1, 0.15) is 5.82 Å². The summed E-state index contributed by atoms with van der Waals surface area (Å²) in [6, 6.07) is 16.4. The molecule has 6 heteroatoms. The maximum Gasteiger partial charge on any atom is 0.224 e. The van der Waals surface area contributed by atoms with E-state index in [2.05, 4.69) is 10.2 Å². The van der Waals surface area contributed by atoms with Crippen LogP contribution in [0.2, 0.25) is 0 Å². The molecule has 0 atom stereocenters. The van der Waals surface area contributed by atoms with Crippen LogP contribution < -0.4 is 10.2 Å². The number of benzene rings is 2. The second-order valence-corrected chi connectivity index (χ2v) is 7.85. The number of aromatic nitrogens is 1. The Morgan fingerprint density at radius 1 is 1.11 bits per heavy atom. The van der Waals surface area contributed by atoms with Gasteiger partial charge in [-0.25, -0.2) is 9.37 Å². The fraction of sp³-hybridized carbons (Fsp3) is 0.273. The number of carbonyl (C=O) groups is 1. The zero-order valence-electron chi connectivity index (χ0n) is 15.5. The lowest BCUT2D eigenvalue weighted by molar-refractivity contribution is -0.121. The van der Waals surface area contributed by atoms with E-state index in [1.807, 2.05) is 35.7 Å². The van der Waals surface area contributed by atoms with Gasteiger partial charge in [0.05, 0.1) is 12.1 Å². The minimum atomic E-state index is -0.240. The van der Waals surface area contributed by atoms with E-state index in [9.17, 15) is 9.18 Å². The first-order valence-corrected chi connectivity index (χ1v) is 10.3. The van der Waals surface area contributed by atoms with Crippen molar-refractivity contribution in [3.63, 3.8) is 0 Å². The molecule has 1 amide bonds. The molecule has 0 spiro atoms. The molecule has 1 fully saturated rings. The van der Waals surface area contributed by atoms with Gasteiger partial charge in [0.15, 0.2) is 5.13 Å². The van der Waals surface area contributed by atoms with Crippen molar-refractivity contribution < 1.29 is 9.18 Å². The van der Waals surface area contributed by atoms with Gasteiger partial charge in [0, 0.05) is 30.1 Å². The lowest BCUT2D eigenvalue weighted by Gasteiger charge is -2.32. The van der Waals surface area contributed by atoms with Crippen molar-refractivity contribution in [3.8, 4) is 11.3 Å². The van der Waals surface area contributed by atoms with Crippen molar-refractivity contribution in [2.45, 2.75) is 25.3 Å². The molecule has 2 heterocycles. The molecule has 4 rings (SSSR count). The number of anilines is 1. The molecular formula is C22H22FN3OS. The van der Waals surface area contributed by atoms with Gasteiger partial charge in [0.2, 0.25) is 5.91 Å². The fourth-order valence-electron chi connectivity index (χ4n) is 3.44. The number of amides is 1. The standard InChI is InChI=1S/C22H22FN3OS/c23-18-8-6-17(7-9-18)20-15-28-22(25-20)26-12-10-19(11-13-26)24-21(27)14-16-4-2-1-3-5-16/h1-9,15,19H,10-14H2,(H,24,27). The number of halogens is 1. The van der Waals surface area contributed by atoms with E-state index >= 15 is 0 Å². The summed E-state index contributed by atoms with van der Waals surface area (Å²) < 4.78 is 13.1. The number of hydrogen-bond acceptors (Lipinski definition) is 4. The van der Waals surface area contributed by atoms with Gasteiger partial charge in [-0.05, 0) is 42.7 Å². The Morgan fingerprint density at radius 3 is 2.54 bits per heavy atom. The summed E-state index contributed by atoms with van der Waals surface area (Å²) in [6.45, 7) is 1.74. The summed E-state index contributed by atoms with van der Waals surface area (Å²) in [5.74, 6) is -0.159. The fourth-order valence-corrected chi connectivity index (χ4v) is 4.33. The number of nitrogens with zero attached hydrogens (tertiary/aromatic N) is 2. The van der Waals surface area contributed by atoms with Gasteiger partial charge in [-0.15, -0.1) is 11.3 Å². The Bertz CT molecular complexity index is 918. The van der Waals surface area contributed by atoms with Crippen LogP contribution in [-0.4, -0.2) is 30.0 Å². The lowest BCUT2D eigenvalue weighted by Crippen LogP contribution is -2.45. The third kappa shape index (κ3) is 4.57. The second kappa shape index (κ2) is 8.52. The monoisotopic (exact) mass is 395 g/mol. The maximum atomic E-state index is 13.1. The topological polar surface area (TPSA) is 45.2 Å². The molecule has 144 valence electrons. The van der Waals surface area contributed by atoms with Crippen LogP contribution in [0, 0.1) is 5.82 Å². The zero-order chi connectivity index (χ0) is 19.3. The molecule has 1 aromatic heterocycles. The van der Waals surface area contributed by atoms with E-state index in [1.165, 1.54) is 12.1 Å². The molecule has 3 aromatic rings. The van der Waals surface area contributed by atoms with Crippen molar-refractivity contribution in [2.75, 3.05) is 18.0 Å². The van der Waals surface area contributed by atoms with Crippen molar-refractivity contribution in [1.29, 1.82) is 0 Å². The molecule has 0 bridgehead atoms. The van der Waals surface area contributed by atoms with Crippen LogP contribution in [0.25, 0.3) is 11.3 Å². The molecule has 1 N–H and O–H groups in total. The highest BCUT2D eigenvalue weighted by Crippen LogP contribution is 2.29. The molecule has 0 unspecified atom stereocenters. The highest BCUT2D eigenvalue weighted by atomic mass is 32.1. The van der Waals surface area contributed by atoms with Crippen LogP contribution in [0.3, 0.4) is 0 Å². The molecule has 28 heavy (non-hydrogen) atoms. The molecule has 4 nitrogen and oxygen atoms in total. The Morgan fingerprint density at radius 2 is 1.82 bits per heavy atom. The van der Waals surface area contributed by atoms with E-state index < -0.39 is 0 Å². The predicted octanol–water partition coefficient (Wildman–Crippen LogP) is 4.28. The van der Waals surface area contributed by atoms with E-state index in [4.69, 9.17) is 4.98 Å². The summed E-state index contributed by atoms with van der Waals surface area (Å²) >= 11 is 1.61. The highest BCUT2D eigenvalue weighted by Gasteiger charge is 2.22. The molecule has 0 radical (unpaired) electrons. The van der Waals surface area contributed by atoms with Gasteiger partial charge in [-0.3, -0.25) is 4.79 Å². The minimum Gasteiger partial charge on any atom is -0.353 e. The molecule has 0 aliphatic carbocycles. The van der Waals surface area contributed by atoms with Crippen LogP contribution >= 0.6 is 11.3 Å². The summed E-state index contributed by atoms with van der Waals surface area (Å²) in [7, 11) is 0. The first kappa shape index (κ1) is 18.6. The molecule has 2 aromatic carbocycles. The van der Waals surface area contributed by atoms with E-state index in [-0.39, 0.29) is 17.8 Å². The minimum absolute atomic E-state index is 0.0810. The van der Waals surface area contributed by atoms with E-state index in [0.717, 1.165) is 47.9 Å². The SMILES string of the molecule is O=C(Cc1ccccc1)NC1CCN(c2nc(-c3ccc(F)cc3)cs2)CC1. The molecule has 1 aliphatic rings. The first-order valence-electron chi connectivity index (χ1n) is 9.47. The van der Waals surface area contributed by atoms with Crippen molar-refractivity contribution >= 4 is 22.4 Å². The number of nitrogens with one attached hydrogen (secondary N) is 1. The Labute approximate surface area is 168 Å². The van der Waals surface area contributed by atoms with Gasteiger partial charge in [-0.2, -0.15) is 0 Å². The van der Waals surface area contributed by atoms with E-state index in [0.29, 0.717) is 6.42 Å². The van der Waals surface area contributed by atoms with Gasteiger partial charge in [0.25, 0.3) is 0 Å². The number of piperidine rings is 1. The lowest BCUT2D eigenvalue weighted by atomic mass is 10.0. The first-order chi connectivity index (χ1) is 13.7. The highest BCUT2D eigenvalue weighted by molar-refractivity contribution is 7.14. The third-order valence-corrected chi connectivity index (χ3v) is 5.87. The van der Waals surface area contributed by atoms with Crippen molar-refractivity contribution in [3.05, 3.63) is 71.4 Å². The number of hydrogen-bond donors (Lipinski definition) is 1. The molecule has 1 aliphatic heterocycles. The molecular weight excluding hydrogens is 373 g/mol. The normalized spacial score (nSPS) is 14.8. The predicted molar refractivity (Wildman–Crippen MR) is 111 cm³/mol. The molecule has 0 saturated carbocycles. The number of rotatable bonds is 5. The van der Waals surface area contributed by atoms with Crippen LogP contribution in [-0.2, 0) is 11.2 Å². The zero-order valence-corrected chi connectivity index (χ0v) is 16.3. The largest absolute Gasteiger partial charge is 0.353 e. The van der Waals surface area contributed by atoms with Crippen LogP contribution in [0.4, 0.5) is 9.52 Å². The Balaban J connectivity index is 1.29. The summed E-state index contributed by atoms with van der Waals surface area (Å²) in [5.41, 5.74) is 2.83. The Kier molecular flexibility index (Phi) is 5.67. The smallest absolute Gasteiger partial charge is 0.224 e. The molecule has 1 saturated heterocycles. The summed E-state index contributed by atoms with van der Waals surface area (Å²) in [6.07, 6.45) is 2.24. The maximum absolute atomic E-state index is 13.1. The summed E-state index contributed by atoms with van der Waals surface area (Å²) in [4.78, 5) is 19.2. The third-order valence-electron chi connectivity index (χ3n) is 4.97. The van der Waals surface area contributed by atoms with Crippen molar-refractivity contribution in [2.24, 2.45) is 0 Å². The number of carbonyl (C=O) groups excluding carboxylic acids is 1. The van der Waals surface area contributed by atoms with Gasteiger partial charge >= 0.3 is 0 Å². The van der Waals surface area contributed by atoms with Crippen LogP contribution in [0.1, 0.15) is 18.4 Å². The average Bonchev–Trinajstić information content (AvgIpc) is 3.20. The second-order valence-electron chi connectivity index (χ2n) is 7.01. The van der Waals surface area contributed by atoms with E-state index in [1.54, 1.807) is 23.5 Å².